The molecule has 6 heteroatoms. The minimum Gasteiger partial charge on any atom is -0.316 e. The monoisotopic (exact) mass is 274 g/mol. The molecule has 1 atom stereocenters. The molecule has 2 aromatic heterocycles. The van der Waals surface area contributed by atoms with E-state index in [1.54, 1.807) is 0 Å². The van der Waals surface area contributed by atoms with Crippen LogP contribution in [0, 0.1) is 0 Å². The predicted molar refractivity (Wildman–Crippen MR) is 64.1 cm³/mol. The number of halogens is 1. The lowest BCUT2D eigenvalue weighted by Crippen LogP contribution is -2.06. The molecule has 0 saturated carbocycles. The van der Waals surface area contributed by atoms with Gasteiger partial charge >= 0.3 is 0 Å². The number of nitrogens with zero attached hydrogens (tertiary/aromatic N) is 4. The van der Waals surface area contributed by atoms with Gasteiger partial charge < -0.3 is 4.57 Å². The molecular formula is C10H8BBrN4. The smallest absolute Gasteiger partial charge is 0.182 e. The molecule has 78 valence electrons. The van der Waals surface area contributed by atoms with Gasteiger partial charge in [-0.15, -0.1) is 10.2 Å². The molecule has 0 bridgehead atoms. The van der Waals surface area contributed by atoms with Crippen molar-refractivity contribution in [2.75, 3.05) is 0 Å². The second-order valence-electron chi connectivity index (χ2n) is 3.76. The number of hydrogen-bond acceptors (Lipinski definition) is 3. The molecule has 4 nitrogen and oxygen atoms in total. The quantitative estimate of drug-likeness (QED) is 0.588. The molecule has 0 fully saturated rings. The van der Waals surface area contributed by atoms with Gasteiger partial charge in [0.05, 0.1) is 7.85 Å². The molecule has 3 rings (SSSR count). The van der Waals surface area contributed by atoms with Gasteiger partial charge in [-0.1, -0.05) is 6.07 Å². The van der Waals surface area contributed by atoms with Crippen LogP contribution < -0.4 is 0 Å². The van der Waals surface area contributed by atoms with Crippen LogP contribution in [0.4, 0.5) is 0 Å². The van der Waals surface area contributed by atoms with Crippen LogP contribution in [0.3, 0.4) is 0 Å². The molecule has 3 heterocycles. The molecule has 0 aliphatic carbocycles. The first-order valence-electron chi connectivity index (χ1n) is 5.08. The van der Waals surface area contributed by atoms with E-state index in [-0.39, 0.29) is 5.94 Å². The van der Waals surface area contributed by atoms with Crippen molar-refractivity contribution in [1.82, 2.24) is 19.7 Å². The lowest BCUT2D eigenvalue weighted by molar-refractivity contribution is 0.709. The fourth-order valence-corrected chi connectivity index (χ4v) is 2.30. The van der Waals surface area contributed by atoms with E-state index in [9.17, 15) is 0 Å². The van der Waals surface area contributed by atoms with Crippen LogP contribution in [-0.4, -0.2) is 27.6 Å². The maximum absolute atomic E-state index is 6.01. The molecule has 0 amide bonds. The van der Waals surface area contributed by atoms with Crippen LogP contribution in [0.5, 0.6) is 0 Å². The number of hydrogen-bond donors (Lipinski definition) is 0. The Morgan fingerprint density at radius 1 is 1.38 bits per heavy atom. The van der Waals surface area contributed by atoms with Gasteiger partial charge in [-0.2, -0.15) is 0 Å². The van der Waals surface area contributed by atoms with E-state index in [0.29, 0.717) is 0 Å². The van der Waals surface area contributed by atoms with Gasteiger partial charge in [-0.25, -0.2) is 4.98 Å². The molecule has 2 aromatic rings. The Balaban J connectivity index is 2.14. The Bertz CT molecular complexity index is 539. The van der Waals surface area contributed by atoms with Gasteiger partial charge in [0.15, 0.2) is 5.82 Å². The standard InChI is InChI=1S/C10H8BBrN4/c11-7-4-5-9-14-15-10(16(7)9)6-2-1-3-8(12)13-6/h1-3,7H,4-5H2/t7-/m1/s1. The second kappa shape index (κ2) is 3.70. The molecule has 1 aliphatic heterocycles. The third kappa shape index (κ3) is 1.48. The van der Waals surface area contributed by atoms with Gasteiger partial charge in [0.25, 0.3) is 0 Å². The van der Waals surface area contributed by atoms with Gasteiger partial charge in [0.2, 0.25) is 0 Å². The first kappa shape index (κ1) is 10.0. The zero-order chi connectivity index (χ0) is 11.1. The van der Waals surface area contributed by atoms with Crippen molar-refractivity contribution in [3.63, 3.8) is 0 Å². The Kier molecular flexibility index (Phi) is 2.31. The molecule has 0 unspecified atom stereocenters. The summed E-state index contributed by atoms with van der Waals surface area (Å²) in [5.41, 5.74) is 0.797. The molecule has 0 aromatic carbocycles. The zero-order valence-electron chi connectivity index (χ0n) is 8.47. The summed E-state index contributed by atoms with van der Waals surface area (Å²) < 4.78 is 2.75. The van der Waals surface area contributed by atoms with Crippen molar-refractivity contribution in [1.29, 1.82) is 0 Å². The van der Waals surface area contributed by atoms with Crippen molar-refractivity contribution in [3.8, 4) is 11.5 Å². The molecule has 16 heavy (non-hydrogen) atoms. The van der Waals surface area contributed by atoms with Crippen molar-refractivity contribution < 1.29 is 0 Å². The van der Waals surface area contributed by atoms with E-state index in [0.717, 1.165) is 34.8 Å². The highest BCUT2D eigenvalue weighted by molar-refractivity contribution is 9.10. The maximum Gasteiger partial charge on any atom is 0.182 e. The zero-order valence-corrected chi connectivity index (χ0v) is 10.1. The second-order valence-corrected chi connectivity index (χ2v) is 4.57. The lowest BCUT2D eigenvalue weighted by Gasteiger charge is -2.09. The summed E-state index contributed by atoms with van der Waals surface area (Å²) >= 11 is 3.34. The minimum absolute atomic E-state index is 0.0271. The van der Waals surface area contributed by atoms with E-state index in [1.807, 2.05) is 22.8 Å². The fraction of sp³-hybridized carbons (Fsp3) is 0.300. The van der Waals surface area contributed by atoms with Crippen LogP contribution in [0.25, 0.3) is 11.5 Å². The van der Waals surface area contributed by atoms with Gasteiger partial charge in [-0.05, 0) is 40.4 Å². The number of aryl methyl sites for hydroxylation is 1. The third-order valence-electron chi connectivity index (χ3n) is 2.71. The lowest BCUT2D eigenvalue weighted by atomic mass is 9.94. The molecular weight excluding hydrogens is 267 g/mol. The van der Waals surface area contributed by atoms with E-state index < -0.39 is 0 Å². The largest absolute Gasteiger partial charge is 0.316 e. The molecule has 2 radical (unpaired) electrons. The van der Waals surface area contributed by atoms with Crippen molar-refractivity contribution >= 4 is 23.8 Å². The van der Waals surface area contributed by atoms with Crippen molar-refractivity contribution in [2.24, 2.45) is 0 Å². The number of aromatic nitrogens is 4. The van der Waals surface area contributed by atoms with Gasteiger partial charge in [0.1, 0.15) is 16.1 Å². The summed E-state index contributed by atoms with van der Waals surface area (Å²) in [6, 6.07) is 5.71. The number of fused-ring (bicyclic) bond motifs is 1. The van der Waals surface area contributed by atoms with Crippen LogP contribution in [0.15, 0.2) is 22.8 Å². The van der Waals surface area contributed by atoms with Gasteiger partial charge in [0, 0.05) is 6.42 Å². The van der Waals surface area contributed by atoms with E-state index in [2.05, 4.69) is 31.1 Å². The normalized spacial score (nSPS) is 18.7. The Morgan fingerprint density at radius 2 is 2.25 bits per heavy atom. The highest BCUT2D eigenvalue weighted by atomic mass is 79.9. The maximum atomic E-state index is 6.01. The molecule has 0 saturated heterocycles. The molecule has 1 aliphatic rings. The summed E-state index contributed by atoms with van der Waals surface area (Å²) in [6.45, 7) is 0. The Hall–Kier alpha value is -1.17. The topological polar surface area (TPSA) is 43.6 Å². The average molecular weight is 275 g/mol. The Morgan fingerprint density at radius 3 is 3.06 bits per heavy atom. The highest BCUT2D eigenvalue weighted by Gasteiger charge is 2.24. The minimum atomic E-state index is -0.0271. The average Bonchev–Trinajstić information content (AvgIpc) is 2.82. The van der Waals surface area contributed by atoms with E-state index in [4.69, 9.17) is 7.85 Å². The van der Waals surface area contributed by atoms with E-state index in [1.165, 1.54) is 0 Å². The highest BCUT2D eigenvalue weighted by Crippen LogP contribution is 2.28. The summed E-state index contributed by atoms with van der Waals surface area (Å²) in [4.78, 5) is 4.37. The van der Waals surface area contributed by atoms with E-state index >= 15 is 0 Å². The van der Waals surface area contributed by atoms with Crippen molar-refractivity contribution in [3.05, 3.63) is 28.6 Å². The van der Waals surface area contributed by atoms with Gasteiger partial charge in [-0.3, -0.25) is 0 Å². The van der Waals surface area contributed by atoms with Crippen LogP contribution in [0.1, 0.15) is 18.2 Å². The van der Waals surface area contributed by atoms with Crippen LogP contribution >= 0.6 is 15.9 Å². The Labute approximate surface area is 103 Å². The van der Waals surface area contributed by atoms with Crippen molar-refractivity contribution in [2.45, 2.75) is 18.8 Å². The fourth-order valence-electron chi connectivity index (χ4n) is 1.96. The summed E-state index contributed by atoms with van der Waals surface area (Å²) in [6.07, 6.45) is 1.81. The SMILES string of the molecule is [B][C@H]1CCc2nnc(-c3cccc(Br)n3)n21. The summed E-state index contributed by atoms with van der Waals surface area (Å²) in [7, 11) is 6.01. The first-order chi connectivity index (χ1) is 7.75. The predicted octanol–water partition coefficient (Wildman–Crippen LogP) is 1.72. The third-order valence-corrected chi connectivity index (χ3v) is 3.15. The summed E-state index contributed by atoms with van der Waals surface area (Å²) in [5.74, 6) is 1.67. The van der Waals surface area contributed by atoms with Crippen LogP contribution in [0.2, 0.25) is 0 Å². The summed E-state index contributed by atoms with van der Waals surface area (Å²) in [5, 5.41) is 8.28. The molecule has 0 spiro atoms. The first-order valence-corrected chi connectivity index (χ1v) is 5.87. The van der Waals surface area contributed by atoms with Crippen LogP contribution in [-0.2, 0) is 6.42 Å². The number of pyridine rings is 1. The molecule has 0 N–H and O–H groups in total. The number of rotatable bonds is 1.